The molecule has 0 saturated heterocycles. The number of hydrogen-bond acceptors (Lipinski definition) is 2. The summed E-state index contributed by atoms with van der Waals surface area (Å²) in [6.45, 7) is 27.6. The first kappa shape index (κ1) is 52.6. The molecular weight excluding hydrogens is 1070 g/mol. The van der Waals surface area contributed by atoms with Crippen LogP contribution in [0.3, 0.4) is 0 Å². The van der Waals surface area contributed by atoms with Gasteiger partial charge in [0.2, 0.25) is 0 Å². The van der Waals surface area contributed by atoms with Crippen LogP contribution in [0, 0.1) is 7.14 Å². The maximum atomic E-state index is 4.03. The van der Waals surface area contributed by atoms with Gasteiger partial charge in [0.25, 0.3) is 0 Å². The number of anilines is 4. The Morgan fingerprint density at radius 3 is 0.671 bits per heavy atom. The number of benzene rings is 8. The van der Waals surface area contributed by atoms with Gasteiger partial charge >= 0.3 is 0 Å². The van der Waals surface area contributed by atoms with Gasteiger partial charge in [-0.05, 0) is 161 Å². The maximum Gasteiger partial charge on any atom is 0.0544 e. The summed E-state index contributed by atoms with van der Waals surface area (Å²) in [5.41, 5.74) is 23.0. The molecular formula is C66H72I2N2. The van der Waals surface area contributed by atoms with Crippen LogP contribution in [-0.2, 0) is 0 Å². The zero-order chi connectivity index (χ0) is 50.2. The van der Waals surface area contributed by atoms with E-state index in [0.717, 1.165) is 0 Å². The van der Waals surface area contributed by atoms with Gasteiger partial charge in [-0.25, -0.2) is 0 Å². The molecule has 2 N–H and O–H groups in total. The van der Waals surface area contributed by atoms with Crippen molar-refractivity contribution in [2.45, 2.75) is 119 Å². The van der Waals surface area contributed by atoms with Crippen LogP contribution in [0.1, 0.15) is 152 Å². The van der Waals surface area contributed by atoms with Gasteiger partial charge in [-0.1, -0.05) is 229 Å². The Kier molecular flexibility index (Phi) is 17.9. The zero-order valence-corrected chi connectivity index (χ0v) is 47.7. The molecule has 0 bridgehead atoms. The average molecular weight is 1150 g/mol. The predicted molar refractivity (Wildman–Crippen MR) is 324 cm³/mol. The molecule has 0 atom stereocenters. The number of hydrogen-bond donors (Lipinski definition) is 2. The molecule has 0 aliphatic rings. The molecule has 0 unspecified atom stereocenters. The van der Waals surface area contributed by atoms with Crippen molar-refractivity contribution in [3.63, 3.8) is 0 Å². The molecule has 0 saturated carbocycles. The fourth-order valence-corrected chi connectivity index (χ4v) is 10.6. The normalized spacial score (nSPS) is 11.5. The maximum absolute atomic E-state index is 4.03. The van der Waals surface area contributed by atoms with Gasteiger partial charge in [0.15, 0.2) is 0 Å². The number of nitrogens with one attached hydrogen (secondary N) is 2. The molecule has 0 radical (unpaired) electrons. The molecule has 0 spiro atoms. The van der Waals surface area contributed by atoms with Crippen molar-refractivity contribution >= 4 is 67.9 Å². The van der Waals surface area contributed by atoms with Gasteiger partial charge in [-0.15, -0.1) is 0 Å². The van der Waals surface area contributed by atoms with E-state index in [1.54, 1.807) is 0 Å². The fraction of sp³-hybridized carbons (Fsp3) is 0.273. The van der Waals surface area contributed by atoms with Crippen LogP contribution in [0.25, 0.3) is 44.5 Å². The lowest BCUT2D eigenvalue weighted by Gasteiger charge is -2.26. The third-order valence-electron chi connectivity index (χ3n) is 13.3. The van der Waals surface area contributed by atoms with E-state index in [1.807, 2.05) is 0 Å². The lowest BCUT2D eigenvalue weighted by Crippen LogP contribution is -2.08. The van der Waals surface area contributed by atoms with Crippen molar-refractivity contribution < 1.29 is 0 Å². The van der Waals surface area contributed by atoms with Gasteiger partial charge in [-0.2, -0.15) is 0 Å². The third kappa shape index (κ3) is 12.5. The molecule has 0 aliphatic heterocycles. The molecule has 2 nitrogen and oxygen atoms in total. The van der Waals surface area contributed by atoms with Crippen LogP contribution in [0.4, 0.5) is 22.7 Å². The molecule has 0 aliphatic carbocycles. The molecule has 0 fully saturated rings. The van der Waals surface area contributed by atoms with Gasteiger partial charge in [0.1, 0.15) is 0 Å². The summed E-state index contributed by atoms with van der Waals surface area (Å²) >= 11 is 4.90. The summed E-state index contributed by atoms with van der Waals surface area (Å²) in [5.74, 6) is 2.65. The second kappa shape index (κ2) is 23.8. The van der Waals surface area contributed by atoms with E-state index in [4.69, 9.17) is 0 Å². The van der Waals surface area contributed by atoms with Crippen molar-refractivity contribution in [1.82, 2.24) is 0 Å². The van der Waals surface area contributed by atoms with Crippen LogP contribution < -0.4 is 10.6 Å². The summed E-state index contributed by atoms with van der Waals surface area (Å²) in [5, 5.41) is 8.06. The zero-order valence-electron chi connectivity index (χ0n) is 43.4. The molecule has 0 amide bonds. The topological polar surface area (TPSA) is 24.1 Å². The van der Waals surface area contributed by atoms with Crippen LogP contribution in [0.2, 0.25) is 0 Å². The van der Waals surface area contributed by atoms with Crippen molar-refractivity contribution in [3.05, 3.63) is 210 Å². The largest absolute Gasteiger partial charge is 0.354 e. The Hall–Kier alpha value is -5.18. The Morgan fingerprint density at radius 2 is 0.486 bits per heavy atom. The van der Waals surface area contributed by atoms with Crippen LogP contribution in [0.15, 0.2) is 170 Å². The quantitative estimate of drug-likeness (QED) is 0.106. The average Bonchev–Trinajstić information content (AvgIpc) is 3.35. The first-order chi connectivity index (χ1) is 33.5. The highest BCUT2D eigenvalue weighted by Crippen LogP contribution is 2.46. The van der Waals surface area contributed by atoms with Gasteiger partial charge in [0.05, 0.1) is 11.4 Å². The van der Waals surface area contributed by atoms with Crippen LogP contribution in [-0.4, -0.2) is 0 Å². The molecule has 8 aromatic carbocycles. The first-order valence-corrected chi connectivity index (χ1v) is 27.5. The van der Waals surface area contributed by atoms with Crippen molar-refractivity contribution in [3.8, 4) is 44.5 Å². The molecule has 0 aromatic heterocycles. The lowest BCUT2D eigenvalue weighted by atomic mass is 9.86. The molecule has 0 heterocycles. The molecule has 4 heteroatoms. The summed E-state index contributed by atoms with van der Waals surface area (Å²) in [6.07, 6.45) is 0. The van der Waals surface area contributed by atoms with Crippen LogP contribution >= 0.6 is 45.2 Å². The van der Waals surface area contributed by atoms with E-state index in [9.17, 15) is 0 Å². The highest BCUT2D eigenvalue weighted by atomic mass is 127. The number of halogens is 2. The van der Waals surface area contributed by atoms with E-state index in [-0.39, 0.29) is 0 Å². The third-order valence-corrected chi connectivity index (χ3v) is 14.6. The molecule has 70 heavy (non-hydrogen) atoms. The Balaban J connectivity index is 0.000000206. The molecule has 8 rings (SSSR count). The van der Waals surface area contributed by atoms with Crippen LogP contribution in [0.5, 0.6) is 0 Å². The SMILES string of the molecule is CC(C)c1cc(C(C)C)c(Nc2c(-c3ccccc3)cc(I)cc2-c2ccccc2)c(C(C)C)c1.CC(C)c1cc(C(C)C)c(Nc2c(-c3ccccc3)cc(I)cc2-c2ccccc2)c(C(C)C)c1. The minimum Gasteiger partial charge on any atom is -0.354 e. The minimum absolute atomic E-state index is 0.415. The smallest absolute Gasteiger partial charge is 0.0544 e. The van der Waals surface area contributed by atoms with E-state index in [1.165, 1.54) is 108 Å². The Bertz CT molecular complexity index is 2600. The second-order valence-electron chi connectivity index (χ2n) is 20.5. The van der Waals surface area contributed by atoms with E-state index in [0.29, 0.717) is 35.5 Å². The first-order valence-electron chi connectivity index (χ1n) is 25.3. The monoisotopic (exact) mass is 1150 g/mol. The minimum atomic E-state index is 0.415. The molecule has 8 aromatic rings. The predicted octanol–water partition coefficient (Wildman–Crippen LogP) is 21.5. The number of rotatable bonds is 14. The highest BCUT2D eigenvalue weighted by molar-refractivity contribution is 14.1. The summed E-state index contributed by atoms with van der Waals surface area (Å²) in [7, 11) is 0. The lowest BCUT2D eigenvalue weighted by molar-refractivity contribution is 0.807. The van der Waals surface area contributed by atoms with Gasteiger partial charge in [-0.3, -0.25) is 0 Å². The van der Waals surface area contributed by atoms with Crippen molar-refractivity contribution in [2.75, 3.05) is 10.6 Å². The van der Waals surface area contributed by atoms with Crippen molar-refractivity contribution in [1.29, 1.82) is 0 Å². The van der Waals surface area contributed by atoms with Gasteiger partial charge < -0.3 is 10.6 Å². The van der Waals surface area contributed by atoms with E-state index >= 15 is 0 Å². The fourth-order valence-electron chi connectivity index (χ4n) is 9.31. The van der Waals surface area contributed by atoms with Gasteiger partial charge in [0, 0.05) is 40.8 Å². The summed E-state index contributed by atoms with van der Waals surface area (Å²) in [6, 6.07) is 61.9. The summed E-state index contributed by atoms with van der Waals surface area (Å²) < 4.78 is 2.46. The highest BCUT2D eigenvalue weighted by Gasteiger charge is 2.23. The van der Waals surface area contributed by atoms with E-state index in [2.05, 4.69) is 309 Å². The summed E-state index contributed by atoms with van der Waals surface area (Å²) in [4.78, 5) is 0. The Labute approximate surface area is 448 Å². The standard InChI is InChI=1S/2C33H36IN/c2*1-21(2)26-17-28(22(3)4)32(29(18-26)23(5)6)35-33-30(24-13-9-7-10-14-24)19-27(34)20-31(33)25-15-11-8-12-16-25/h2*7-23,35H,1-6H3. The molecule has 360 valence electrons. The Morgan fingerprint density at radius 1 is 0.271 bits per heavy atom. The van der Waals surface area contributed by atoms with Crippen molar-refractivity contribution in [2.24, 2.45) is 0 Å². The second-order valence-corrected chi connectivity index (χ2v) is 23.0. The van der Waals surface area contributed by atoms with E-state index < -0.39 is 0 Å².